The minimum Gasteiger partial charge on any atom is -0.497 e. The standard InChI is InChI=1S/C42H48N4O6/c1-27(25-43)37(39(49)44-26-29-15-20-34(51-7)21-16-29)46-38(48)35(45-36(47)24-30-12-17-31-10-8-9-11-32(31)22-30)23-28-13-18-33(19-14-28)42(5,6)40(50)52-41(2,3)4/h8-22,25,35,43H,23-24,26H2,1-7H3,(H,44,49)(H,45,47)(H,46,48)/b37-27+,43-25?. The largest absolute Gasteiger partial charge is 0.497 e. The first-order chi connectivity index (χ1) is 24.6. The van der Waals surface area contributed by atoms with Crippen molar-refractivity contribution in [2.24, 2.45) is 0 Å². The molecule has 0 fully saturated rings. The quantitative estimate of drug-likeness (QED) is 0.0710. The van der Waals surface area contributed by atoms with Crippen LogP contribution in [0.4, 0.5) is 0 Å². The normalized spacial score (nSPS) is 12.6. The zero-order chi connectivity index (χ0) is 38.1. The molecule has 0 spiro atoms. The molecule has 1 atom stereocenters. The van der Waals surface area contributed by atoms with Crippen molar-refractivity contribution in [3.05, 3.63) is 125 Å². The van der Waals surface area contributed by atoms with E-state index in [1.54, 1.807) is 52.1 Å². The number of rotatable bonds is 14. The first-order valence-electron chi connectivity index (χ1n) is 17.1. The highest BCUT2D eigenvalue weighted by molar-refractivity contribution is 6.03. The Hall–Kier alpha value is -5.77. The molecule has 1 unspecified atom stereocenters. The third-order valence-corrected chi connectivity index (χ3v) is 8.55. The predicted octanol–water partition coefficient (Wildman–Crippen LogP) is 6.09. The molecule has 0 aliphatic heterocycles. The Balaban J connectivity index is 1.56. The van der Waals surface area contributed by atoms with Gasteiger partial charge in [0.05, 0.1) is 18.9 Å². The molecule has 0 radical (unpaired) electrons. The van der Waals surface area contributed by atoms with E-state index in [4.69, 9.17) is 14.9 Å². The first-order valence-corrected chi connectivity index (χ1v) is 17.1. The summed E-state index contributed by atoms with van der Waals surface area (Å²) in [5.41, 5.74) is 1.59. The minimum atomic E-state index is -1.08. The summed E-state index contributed by atoms with van der Waals surface area (Å²) in [5.74, 6) is -1.27. The summed E-state index contributed by atoms with van der Waals surface area (Å²) in [6, 6.07) is 26.9. The van der Waals surface area contributed by atoms with E-state index in [-0.39, 0.29) is 42.5 Å². The lowest BCUT2D eigenvalue weighted by atomic mass is 9.84. The Morgan fingerprint density at radius 3 is 2.04 bits per heavy atom. The molecule has 3 amide bonds. The second kappa shape index (κ2) is 17.0. The SMILES string of the molecule is COc1ccc(CNC(=O)/C(NC(=O)C(Cc2ccc(C(C)(C)C(=O)OC(C)(C)C)cc2)NC(=O)Cc2ccc3ccccc3c2)=C(/C)C=N)cc1. The Morgan fingerprint density at radius 1 is 0.808 bits per heavy atom. The summed E-state index contributed by atoms with van der Waals surface area (Å²) in [4.78, 5) is 53.8. The molecule has 0 saturated heterocycles. The molecule has 0 heterocycles. The van der Waals surface area contributed by atoms with Crippen molar-refractivity contribution >= 4 is 40.7 Å². The van der Waals surface area contributed by atoms with Crippen LogP contribution in [0.1, 0.15) is 63.8 Å². The van der Waals surface area contributed by atoms with Crippen molar-refractivity contribution in [1.82, 2.24) is 16.0 Å². The monoisotopic (exact) mass is 704 g/mol. The Kier molecular flexibility index (Phi) is 12.7. The van der Waals surface area contributed by atoms with Gasteiger partial charge in [-0.2, -0.15) is 0 Å². The van der Waals surface area contributed by atoms with Crippen molar-refractivity contribution in [2.75, 3.05) is 7.11 Å². The highest BCUT2D eigenvalue weighted by Gasteiger charge is 2.34. The molecule has 4 aromatic carbocycles. The fourth-order valence-electron chi connectivity index (χ4n) is 5.44. The number of amides is 3. The Bertz CT molecular complexity index is 1960. The average molecular weight is 705 g/mol. The summed E-state index contributed by atoms with van der Waals surface area (Å²) in [6.45, 7) is 10.8. The van der Waals surface area contributed by atoms with Crippen LogP contribution in [0.2, 0.25) is 0 Å². The number of benzene rings is 4. The van der Waals surface area contributed by atoms with Crippen LogP contribution < -0.4 is 20.7 Å². The van der Waals surface area contributed by atoms with Gasteiger partial charge in [-0.3, -0.25) is 19.2 Å². The van der Waals surface area contributed by atoms with Crippen LogP contribution in [0.3, 0.4) is 0 Å². The van der Waals surface area contributed by atoms with Gasteiger partial charge in [0.25, 0.3) is 5.91 Å². The molecule has 272 valence electrons. The van der Waals surface area contributed by atoms with Crippen LogP contribution in [0.25, 0.3) is 10.8 Å². The van der Waals surface area contributed by atoms with Gasteiger partial charge in [0.1, 0.15) is 23.1 Å². The van der Waals surface area contributed by atoms with Crippen LogP contribution in [-0.2, 0) is 48.7 Å². The molecule has 0 saturated carbocycles. The van der Waals surface area contributed by atoms with E-state index in [2.05, 4.69) is 16.0 Å². The number of allylic oxidation sites excluding steroid dienone is 1. The molecular formula is C42H48N4O6. The van der Waals surface area contributed by atoms with Gasteiger partial charge >= 0.3 is 5.97 Å². The van der Waals surface area contributed by atoms with E-state index >= 15 is 0 Å². The van der Waals surface area contributed by atoms with Crippen molar-refractivity contribution in [1.29, 1.82) is 5.41 Å². The van der Waals surface area contributed by atoms with E-state index in [0.29, 0.717) is 11.3 Å². The maximum Gasteiger partial charge on any atom is 0.316 e. The molecular weight excluding hydrogens is 656 g/mol. The minimum absolute atomic E-state index is 0.0300. The van der Waals surface area contributed by atoms with Gasteiger partial charge in [-0.25, -0.2) is 0 Å². The maximum absolute atomic E-state index is 13.9. The van der Waals surface area contributed by atoms with Crippen molar-refractivity contribution in [2.45, 2.75) is 78.0 Å². The smallest absolute Gasteiger partial charge is 0.316 e. The number of hydrogen-bond donors (Lipinski definition) is 4. The number of fused-ring (bicyclic) bond motifs is 1. The van der Waals surface area contributed by atoms with Gasteiger partial charge in [-0.1, -0.05) is 78.9 Å². The van der Waals surface area contributed by atoms with Crippen LogP contribution in [0.15, 0.2) is 102 Å². The molecule has 0 aliphatic carbocycles. The number of esters is 1. The van der Waals surface area contributed by atoms with Crippen LogP contribution in [0, 0.1) is 5.41 Å². The lowest BCUT2D eigenvalue weighted by Crippen LogP contribution is -2.50. The van der Waals surface area contributed by atoms with E-state index < -0.39 is 28.9 Å². The van der Waals surface area contributed by atoms with Crippen molar-refractivity contribution in [3.8, 4) is 5.75 Å². The van der Waals surface area contributed by atoms with E-state index in [1.165, 1.54) is 0 Å². The molecule has 10 nitrogen and oxygen atoms in total. The molecule has 4 rings (SSSR count). The summed E-state index contributed by atoms with van der Waals surface area (Å²) in [6.07, 6.45) is 1.11. The Morgan fingerprint density at radius 2 is 1.42 bits per heavy atom. The van der Waals surface area contributed by atoms with Gasteiger partial charge in [0.2, 0.25) is 11.8 Å². The number of carbonyl (C=O) groups excluding carboxylic acids is 4. The molecule has 4 aromatic rings. The lowest BCUT2D eigenvalue weighted by molar-refractivity contribution is -0.160. The molecule has 0 bridgehead atoms. The zero-order valence-corrected chi connectivity index (χ0v) is 30.9. The highest BCUT2D eigenvalue weighted by atomic mass is 16.6. The van der Waals surface area contributed by atoms with E-state index in [9.17, 15) is 19.2 Å². The number of hydrogen-bond acceptors (Lipinski definition) is 7. The fourth-order valence-corrected chi connectivity index (χ4v) is 5.44. The second-order valence-corrected chi connectivity index (χ2v) is 14.2. The third-order valence-electron chi connectivity index (χ3n) is 8.55. The third kappa shape index (κ3) is 10.6. The van der Waals surface area contributed by atoms with E-state index in [1.807, 2.05) is 87.5 Å². The maximum atomic E-state index is 13.9. The number of nitrogens with one attached hydrogen (secondary N) is 4. The summed E-state index contributed by atoms with van der Waals surface area (Å²) in [5, 5.41) is 18.2. The summed E-state index contributed by atoms with van der Waals surface area (Å²) >= 11 is 0. The van der Waals surface area contributed by atoms with Gasteiger partial charge in [-0.05, 0) is 92.3 Å². The van der Waals surface area contributed by atoms with Crippen molar-refractivity contribution in [3.63, 3.8) is 0 Å². The van der Waals surface area contributed by atoms with Crippen LogP contribution in [0.5, 0.6) is 5.75 Å². The van der Waals surface area contributed by atoms with Gasteiger partial charge in [0.15, 0.2) is 0 Å². The highest BCUT2D eigenvalue weighted by Crippen LogP contribution is 2.28. The number of methoxy groups -OCH3 is 1. The second-order valence-electron chi connectivity index (χ2n) is 14.2. The fraction of sp³-hybridized carbons (Fsp3) is 0.310. The van der Waals surface area contributed by atoms with Gasteiger partial charge in [0, 0.05) is 19.2 Å². The molecule has 4 N–H and O–H groups in total. The average Bonchev–Trinajstić information content (AvgIpc) is 3.11. The van der Waals surface area contributed by atoms with Gasteiger partial charge < -0.3 is 30.8 Å². The molecule has 0 aromatic heterocycles. The molecule has 0 aliphatic rings. The zero-order valence-electron chi connectivity index (χ0n) is 30.9. The topological polar surface area (TPSA) is 147 Å². The lowest BCUT2D eigenvalue weighted by Gasteiger charge is -2.29. The van der Waals surface area contributed by atoms with Crippen LogP contribution in [-0.4, -0.2) is 48.7 Å². The predicted molar refractivity (Wildman–Crippen MR) is 203 cm³/mol. The summed E-state index contributed by atoms with van der Waals surface area (Å²) < 4.78 is 10.8. The first kappa shape index (κ1) is 39.0. The van der Waals surface area contributed by atoms with Crippen LogP contribution >= 0.6 is 0 Å². The molecule has 10 heteroatoms. The number of ether oxygens (including phenoxy) is 2. The van der Waals surface area contributed by atoms with E-state index in [0.717, 1.165) is 33.7 Å². The van der Waals surface area contributed by atoms with Gasteiger partial charge in [-0.15, -0.1) is 0 Å². The summed E-state index contributed by atoms with van der Waals surface area (Å²) in [7, 11) is 1.57. The molecule has 52 heavy (non-hydrogen) atoms. The van der Waals surface area contributed by atoms with Crippen molar-refractivity contribution < 1.29 is 28.7 Å². The Labute approximate surface area is 305 Å². The number of carbonyl (C=O) groups is 4.